The molecule has 2 rings (SSSR count). The van der Waals surface area contributed by atoms with Gasteiger partial charge >= 0.3 is 11.9 Å². The Morgan fingerprint density at radius 3 is 2.26 bits per heavy atom. The summed E-state index contributed by atoms with van der Waals surface area (Å²) in [6, 6.07) is 5.69. The van der Waals surface area contributed by atoms with Crippen LogP contribution in [0, 0.1) is 0 Å². The third kappa shape index (κ3) is 5.74. The highest BCUT2D eigenvalue weighted by molar-refractivity contribution is 6.51. The van der Waals surface area contributed by atoms with Crippen molar-refractivity contribution in [1.82, 2.24) is 5.32 Å². The van der Waals surface area contributed by atoms with Gasteiger partial charge in [-0.05, 0) is 44.4 Å². The Balaban J connectivity index is 1.98. The van der Waals surface area contributed by atoms with Gasteiger partial charge in [0.1, 0.15) is 16.1 Å². The number of carbonyl (C=O) groups excluding carboxylic acids is 1. The fourth-order valence-electron chi connectivity index (χ4n) is 2.54. The van der Waals surface area contributed by atoms with Gasteiger partial charge in [-0.15, -0.1) is 23.2 Å². The van der Waals surface area contributed by atoms with Crippen LogP contribution in [0.15, 0.2) is 24.3 Å². The second-order valence-corrected chi connectivity index (χ2v) is 8.54. The lowest BCUT2D eigenvalue weighted by molar-refractivity contribution is -0.146. The quantitative estimate of drug-likeness (QED) is 0.532. The number of rotatable bonds is 9. The third-order valence-electron chi connectivity index (χ3n) is 4.28. The number of carbonyl (C=O) groups is 3. The van der Waals surface area contributed by atoms with Gasteiger partial charge in [0.15, 0.2) is 5.60 Å². The summed E-state index contributed by atoms with van der Waals surface area (Å²) in [5, 5.41) is 20.2. The summed E-state index contributed by atoms with van der Waals surface area (Å²) in [5.74, 6) is -2.62. The number of carboxylic acid groups (broad SMARTS) is 2. The molecule has 0 radical (unpaired) electrons. The molecule has 1 aromatic rings. The lowest BCUT2D eigenvalue weighted by Gasteiger charge is -2.27. The van der Waals surface area contributed by atoms with E-state index >= 15 is 0 Å². The predicted molar refractivity (Wildman–Crippen MR) is 99.4 cm³/mol. The first-order valence-electron chi connectivity index (χ1n) is 8.35. The minimum Gasteiger partial charge on any atom is -0.481 e. The molecule has 3 N–H and O–H groups in total. The molecule has 9 heteroatoms. The highest BCUT2D eigenvalue weighted by Crippen LogP contribution is 2.59. The van der Waals surface area contributed by atoms with E-state index in [2.05, 4.69) is 5.32 Å². The molecule has 7 nitrogen and oxygen atoms in total. The fourth-order valence-corrected chi connectivity index (χ4v) is 3.10. The Bertz CT molecular complexity index is 732. The van der Waals surface area contributed by atoms with E-state index < -0.39 is 33.8 Å². The van der Waals surface area contributed by atoms with Crippen LogP contribution < -0.4 is 10.1 Å². The minimum absolute atomic E-state index is 0.0664. The molecule has 1 amide bonds. The SMILES string of the molecule is CC(C)(Oc1ccc(C2CC2(Cl)Cl)cc1)C(=O)N[C@@H](CCC(=O)O)C(=O)O. The van der Waals surface area contributed by atoms with Crippen molar-refractivity contribution in [2.45, 2.75) is 55.0 Å². The van der Waals surface area contributed by atoms with Crippen LogP contribution >= 0.6 is 23.2 Å². The van der Waals surface area contributed by atoms with Gasteiger partial charge in [0.25, 0.3) is 5.91 Å². The Labute approximate surface area is 166 Å². The molecule has 27 heavy (non-hydrogen) atoms. The molecule has 1 saturated carbocycles. The summed E-state index contributed by atoms with van der Waals surface area (Å²) in [4.78, 5) is 34.3. The van der Waals surface area contributed by atoms with Crippen molar-refractivity contribution >= 4 is 41.0 Å². The molecule has 0 saturated heterocycles. The van der Waals surface area contributed by atoms with E-state index in [0.717, 1.165) is 5.56 Å². The van der Waals surface area contributed by atoms with Gasteiger partial charge in [0.05, 0.1) is 0 Å². The Morgan fingerprint density at radius 2 is 1.81 bits per heavy atom. The van der Waals surface area contributed by atoms with Crippen LogP contribution in [0.4, 0.5) is 0 Å². The zero-order chi connectivity index (χ0) is 20.4. The Kier molecular flexibility index (Phi) is 6.27. The van der Waals surface area contributed by atoms with Crippen molar-refractivity contribution in [3.8, 4) is 5.75 Å². The highest BCUT2D eigenvalue weighted by Gasteiger charge is 2.52. The number of alkyl halides is 2. The van der Waals surface area contributed by atoms with Crippen LogP contribution in [-0.2, 0) is 14.4 Å². The van der Waals surface area contributed by atoms with Gasteiger partial charge in [-0.2, -0.15) is 0 Å². The van der Waals surface area contributed by atoms with Gasteiger partial charge in [-0.1, -0.05) is 12.1 Å². The van der Waals surface area contributed by atoms with Crippen LogP contribution in [-0.4, -0.2) is 44.0 Å². The maximum atomic E-state index is 12.4. The van der Waals surface area contributed by atoms with Gasteiger partial charge < -0.3 is 20.3 Å². The molecule has 0 bridgehead atoms. The molecule has 1 aromatic carbocycles. The average molecular weight is 418 g/mol. The first-order valence-corrected chi connectivity index (χ1v) is 9.10. The van der Waals surface area contributed by atoms with Gasteiger partial charge in [0, 0.05) is 12.3 Å². The third-order valence-corrected chi connectivity index (χ3v) is 5.11. The summed E-state index contributed by atoms with van der Waals surface area (Å²) in [5.41, 5.74) is -0.393. The number of carboxylic acids is 2. The van der Waals surface area contributed by atoms with Crippen LogP contribution in [0.5, 0.6) is 5.75 Å². The topological polar surface area (TPSA) is 113 Å². The molecule has 2 atom stereocenters. The molecule has 0 heterocycles. The summed E-state index contributed by atoms with van der Waals surface area (Å²) >= 11 is 12.1. The number of hydrogen-bond donors (Lipinski definition) is 3. The van der Waals surface area contributed by atoms with E-state index in [4.69, 9.17) is 38.2 Å². The lowest BCUT2D eigenvalue weighted by atomic mass is 10.1. The van der Waals surface area contributed by atoms with E-state index in [1.807, 2.05) is 12.1 Å². The smallest absolute Gasteiger partial charge is 0.326 e. The number of amides is 1. The first kappa shape index (κ1) is 21.3. The van der Waals surface area contributed by atoms with E-state index in [1.165, 1.54) is 13.8 Å². The lowest BCUT2D eigenvalue weighted by Crippen LogP contribution is -2.52. The second kappa shape index (κ2) is 7.94. The maximum Gasteiger partial charge on any atom is 0.326 e. The molecule has 1 aliphatic rings. The van der Waals surface area contributed by atoms with Crippen molar-refractivity contribution in [3.05, 3.63) is 29.8 Å². The van der Waals surface area contributed by atoms with Gasteiger partial charge in [0.2, 0.25) is 0 Å². The summed E-state index contributed by atoms with van der Waals surface area (Å²) < 4.78 is 4.96. The van der Waals surface area contributed by atoms with E-state index in [-0.39, 0.29) is 18.8 Å². The summed E-state index contributed by atoms with van der Waals surface area (Å²) in [6.45, 7) is 2.99. The van der Waals surface area contributed by atoms with Crippen LogP contribution in [0.25, 0.3) is 0 Å². The van der Waals surface area contributed by atoms with Crippen molar-refractivity contribution in [1.29, 1.82) is 0 Å². The molecule has 1 unspecified atom stereocenters. The fraction of sp³-hybridized carbons (Fsp3) is 0.500. The summed E-state index contributed by atoms with van der Waals surface area (Å²) in [6.07, 6.45) is 0.0854. The average Bonchev–Trinajstić information content (AvgIpc) is 3.19. The molecule has 0 aromatic heterocycles. The zero-order valence-electron chi connectivity index (χ0n) is 14.9. The number of halogens is 2. The van der Waals surface area contributed by atoms with E-state index in [1.54, 1.807) is 12.1 Å². The van der Waals surface area contributed by atoms with Crippen LogP contribution in [0.2, 0.25) is 0 Å². The highest BCUT2D eigenvalue weighted by atomic mass is 35.5. The van der Waals surface area contributed by atoms with Crippen molar-refractivity contribution in [3.63, 3.8) is 0 Å². The second-order valence-electron chi connectivity index (χ2n) is 7.00. The Morgan fingerprint density at radius 1 is 1.26 bits per heavy atom. The predicted octanol–water partition coefficient (Wildman–Crippen LogP) is 2.94. The molecule has 148 valence electrons. The number of hydrogen-bond acceptors (Lipinski definition) is 4. The molecule has 1 aliphatic carbocycles. The van der Waals surface area contributed by atoms with Gasteiger partial charge in [-0.25, -0.2) is 4.79 Å². The molecule has 1 fully saturated rings. The molecular weight excluding hydrogens is 397 g/mol. The van der Waals surface area contributed by atoms with Crippen molar-refractivity contribution in [2.24, 2.45) is 0 Å². The normalized spacial score (nSPS) is 19.0. The standard InChI is InChI=1S/C18H21Cl2NO6/c1-17(2,16(26)21-13(15(24)25)7-8-14(22)23)27-11-5-3-10(4-6-11)12-9-18(12,19)20/h3-6,12-13H,7-9H2,1-2H3,(H,21,26)(H,22,23)(H,24,25)/t12?,13-/m0/s1. The monoisotopic (exact) mass is 417 g/mol. The number of ether oxygens (including phenoxy) is 1. The van der Waals surface area contributed by atoms with Crippen LogP contribution in [0.3, 0.4) is 0 Å². The van der Waals surface area contributed by atoms with E-state index in [0.29, 0.717) is 12.2 Å². The molecule has 0 spiro atoms. The Hall–Kier alpha value is -1.99. The minimum atomic E-state index is -1.36. The zero-order valence-corrected chi connectivity index (χ0v) is 16.4. The van der Waals surface area contributed by atoms with Crippen molar-refractivity contribution < 1.29 is 29.3 Å². The number of nitrogens with one attached hydrogen (secondary N) is 1. The largest absolute Gasteiger partial charge is 0.481 e. The summed E-state index contributed by atoms with van der Waals surface area (Å²) in [7, 11) is 0. The van der Waals surface area contributed by atoms with Crippen molar-refractivity contribution in [2.75, 3.05) is 0 Å². The number of benzene rings is 1. The van der Waals surface area contributed by atoms with E-state index in [9.17, 15) is 14.4 Å². The first-order chi connectivity index (χ1) is 12.4. The number of aliphatic carboxylic acids is 2. The molecular formula is C18H21Cl2NO6. The van der Waals surface area contributed by atoms with Gasteiger partial charge in [-0.3, -0.25) is 9.59 Å². The maximum absolute atomic E-state index is 12.4. The van der Waals surface area contributed by atoms with Crippen LogP contribution in [0.1, 0.15) is 44.6 Å². The molecule has 0 aliphatic heterocycles.